The molecule has 2 aromatic carbocycles. The maximum Gasteiger partial charge on any atom is 0.293 e. The molecule has 1 saturated carbocycles. The van der Waals surface area contributed by atoms with Crippen molar-refractivity contribution in [2.45, 2.75) is 57.6 Å². The molecule has 2 aromatic rings. The molecule has 5 nitrogen and oxygen atoms in total. The number of hydrogen-bond acceptors (Lipinski definition) is 5. The zero-order chi connectivity index (χ0) is 23.4. The Hall–Kier alpha value is -2.31. The van der Waals surface area contributed by atoms with Crippen LogP contribution in [0.5, 0.6) is 0 Å². The van der Waals surface area contributed by atoms with Crippen molar-refractivity contribution in [2.24, 2.45) is 5.92 Å². The molecule has 0 unspecified atom stereocenters. The highest BCUT2D eigenvalue weighted by atomic mass is 35.5. The summed E-state index contributed by atoms with van der Waals surface area (Å²) in [7, 11) is 0. The molecule has 0 atom stereocenters. The molecule has 0 radical (unpaired) electrons. The Labute approximate surface area is 200 Å². The largest absolute Gasteiger partial charge is 0.456 e. The number of carbonyl (C=O) groups is 1. The molecule has 1 N–H and O–H groups in total. The summed E-state index contributed by atoms with van der Waals surface area (Å²) in [6.45, 7) is 7.29. The van der Waals surface area contributed by atoms with Crippen molar-refractivity contribution in [2.75, 3.05) is 30.0 Å². The van der Waals surface area contributed by atoms with Crippen LogP contribution in [0.4, 0.5) is 21.5 Å². The molecule has 0 amide bonds. The Bertz CT molecular complexity index is 974. The van der Waals surface area contributed by atoms with Crippen molar-refractivity contribution in [1.29, 1.82) is 0 Å². The number of hydrogen-bond donors (Lipinski definition) is 1. The Morgan fingerprint density at radius 3 is 2.58 bits per heavy atom. The van der Waals surface area contributed by atoms with Gasteiger partial charge < -0.3 is 19.7 Å². The van der Waals surface area contributed by atoms with Crippen molar-refractivity contribution in [3.05, 3.63) is 52.8 Å². The summed E-state index contributed by atoms with van der Waals surface area (Å²) < 4.78 is 25.9. The van der Waals surface area contributed by atoms with Gasteiger partial charge in [0.1, 0.15) is 11.4 Å². The van der Waals surface area contributed by atoms with Crippen LogP contribution in [0.15, 0.2) is 36.4 Å². The molecular weight excluding hydrogens is 443 g/mol. The fraction of sp³-hybridized carbons (Fsp3) is 0.500. The third-order valence-electron chi connectivity index (χ3n) is 6.66. The maximum atomic E-state index is 14.7. The van der Waals surface area contributed by atoms with Gasteiger partial charge in [0.25, 0.3) is 6.47 Å². The number of anilines is 3. The zero-order valence-corrected chi connectivity index (χ0v) is 20.0. The maximum absolute atomic E-state index is 14.7. The minimum atomic E-state index is -0.600. The van der Waals surface area contributed by atoms with Crippen LogP contribution in [0.25, 0.3) is 0 Å². The Balaban J connectivity index is 1.77. The summed E-state index contributed by atoms with van der Waals surface area (Å²) in [6.07, 6.45) is 4.47. The first kappa shape index (κ1) is 23.8. The number of nitrogens with zero attached hydrogens (tertiary/aromatic N) is 1. The fourth-order valence-corrected chi connectivity index (χ4v) is 4.96. The monoisotopic (exact) mass is 474 g/mol. The molecule has 0 bridgehead atoms. The molecule has 7 heteroatoms. The average molecular weight is 475 g/mol. The molecule has 1 saturated heterocycles. The summed E-state index contributed by atoms with van der Waals surface area (Å²) in [5.74, 6) is 0.0341. The number of nitrogens with one attached hydrogen (secondary N) is 1. The second-order valence-electron chi connectivity index (χ2n) is 9.43. The summed E-state index contributed by atoms with van der Waals surface area (Å²) in [6, 6.07) is 11.1. The van der Waals surface area contributed by atoms with E-state index < -0.39 is 11.4 Å². The van der Waals surface area contributed by atoms with Gasteiger partial charge in [0, 0.05) is 30.8 Å². The first-order valence-corrected chi connectivity index (χ1v) is 12.1. The van der Waals surface area contributed by atoms with Gasteiger partial charge in [-0.25, -0.2) is 4.39 Å². The fourth-order valence-electron chi connectivity index (χ4n) is 4.80. The molecule has 178 valence electrons. The average Bonchev–Trinajstić information content (AvgIpc) is 2.77. The minimum Gasteiger partial charge on any atom is -0.456 e. The third-order valence-corrected chi connectivity index (χ3v) is 6.90. The van der Waals surface area contributed by atoms with E-state index in [1.165, 1.54) is 6.07 Å². The third kappa shape index (κ3) is 5.28. The van der Waals surface area contributed by atoms with Crippen LogP contribution in [0.2, 0.25) is 5.02 Å². The standard InChI is InChI=1S/C26H32ClFN2O3/c1-18(2)16-30(21-8-12-32-13-9-21)25-7-4-19(26(33-17-31)10-3-11-26)14-24(25)29-23-6-5-20(27)15-22(23)28/h4-7,14-15,17-18,21,29H,3,8-13,16H2,1-2H3. The van der Waals surface area contributed by atoms with Crippen LogP contribution >= 0.6 is 11.6 Å². The van der Waals surface area contributed by atoms with E-state index in [-0.39, 0.29) is 0 Å². The van der Waals surface area contributed by atoms with Crippen molar-refractivity contribution in [3.63, 3.8) is 0 Å². The van der Waals surface area contributed by atoms with Gasteiger partial charge in [-0.15, -0.1) is 0 Å². The van der Waals surface area contributed by atoms with E-state index >= 15 is 0 Å². The quantitative estimate of drug-likeness (QED) is 0.425. The van der Waals surface area contributed by atoms with Crippen LogP contribution in [-0.2, 0) is 19.9 Å². The van der Waals surface area contributed by atoms with Gasteiger partial charge >= 0.3 is 0 Å². The summed E-state index contributed by atoms with van der Waals surface area (Å²) >= 11 is 5.97. The molecule has 0 spiro atoms. The minimum absolute atomic E-state index is 0.339. The van der Waals surface area contributed by atoms with E-state index in [1.807, 2.05) is 12.1 Å². The van der Waals surface area contributed by atoms with Gasteiger partial charge in [-0.2, -0.15) is 0 Å². The topological polar surface area (TPSA) is 50.8 Å². The molecule has 2 fully saturated rings. The van der Waals surface area contributed by atoms with E-state index in [0.29, 0.717) is 29.1 Å². The van der Waals surface area contributed by atoms with E-state index in [1.54, 1.807) is 12.1 Å². The van der Waals surface area contributed by atoms with E-state index in [0.717, 1.165) is 68.8 Å². The number of carbonyl (C=O) groups excluding carboxylic acids is 1. The first-order valence-electron chi connectivity index (χ1n) is 11.7. The van der Waals surface area contributed by atoms with Crippen LogP contribution in [-0.4, -0.2) is 32.3 Å². The number of ether oxygens (including phenoxy) is 2. The van der Waals surface area contributed by atoms with Gasteiger partial charge in [0.15, 0.2) is 0 Å². The number of halogens is 2. The van der Waals surface area contributed by atoms with Crippen molar-refractivity contribution in [3.8, 4) is 0 Å². The summed E-state index contributed by atoms with van der Waals surface area (Å²) in [5, 5.41) is 3.66. The normalized spacial score (nSPS) is 18.0. The highest BCUT2D eigenvalue weighted by Gasteiger charge is 2.41. The molecule has 1 heterocycles. The second kappa shape index (κ2) is 10.3. The van der Waals surface area contributed by atoms with Gasteiger partial charge in [0.2, 0.25) is 0 Å². The van der Waals surface area contributed by atoms with Crippen LogP contribution < -0.4 is 10.2 Å². The second-order valence-corrected chi connectivity index (χ2v) is 9.87. The van der Waals surface area contributed by atoms with Gasteiger partial charge in [0.05, 0.1) is 17.1 Å². The predicted molar refractivity (Wildman–Crippen MR) is 130 cm³/mol. The number of rotatable bonds is 9. The molecular formula is C26H32ClFN2O3. The highest BCUT2D eigenvalue weighted by Crippen LogP contribution is 2.47. The summed E-state index contributed by atoms with van der Waals surface area (Å²) in [4.78, 5) is 13.6. The van der Waals surface area contributed by atoms with Gasteiger partial charge in [-0.05, 0) is 73.9 Å². The zero-order valence-electron chi connectivity index (χ0n) is 19.3. The van der Waals surface area contributed by atoms with Crippen LogP contribution in [0.1, 0.15) is 51.5 Å². The van der Waals surface area contributed by atoms with Gasteiger partial charge in [-0.3, -0.25) is 4.79 Å². The van der Waals surface area contributed by atoms with Crippen molar-refractivity contribution < 1.29 is 18.7 Å². The Morgan fingerprint density at radius 1 is 1.21 bits per heavy atom. The Kier molecular flexibility index (Phi) is 7.45. The van der Waals surface area contributed by atoms with E-state index in [2.05, 4.69) is 30.1 Å². The summed E-state index contributed by atoms with van der Waals surface area (Å²) in [5.41, 5.74) is 2.48. The molecule has 1 aliphatic heterocycles. The molecule has 1 aliphatic carbocycles. The van der Waals surface area contributed by atoms with Gasteiger partial charge in [-0.1, -0.05) is 31.5 Å². The van der Waals surface area contributed by atoms with Crippen LogP contribution in [0, 0.1) is 11.7 Å². The first-order chi connectivity index (χ1) is 15.9. The molecule has 2 aliphatic rings. The SMILES string of the molecule is CC(C)CN(c1ccc(C2(OC=O)CCC2)cc1Nc1ccc(Cl)cc1F)C1CCOCC1. The molecule has 0 aromatic heterocycles. The number of benzene rings is 2. The van der Waals surface area contributed by atoms with E-state index in [9.17, 15) is 9.18 Å². The lowest BCUT2D eigenvalue weighted by atomic mass is 9.74. The lowest BCUT2D eigenvalue weighted by Crippen LogP contribution is -2.42. The highest BCUT2D eigenvalue weighted by molar-refractivity contribution is 6.30. The Morgan fingerprint density at radius 2 is 1.97 bits per heavy atom. The molecule has 4 rings (SSSR count). The van der Waals surface area contributed by atoms with Crippen molar-refractivity contribution >= 4 is 35.1 Å². The molecule has 33 heavy (non-hydrogen) atoms. The predicted octanol–water partition coefficient (Wildman–Crippen LogP) is 6.42. The van der Waals surface area contributed by atoms with Crippen LogP contribution in [0.3, 0.4) is 0 Å². The lowest BCUT2D eigenvalue weighted by Gasteiger charge is -2.42. The van der Waals surface area contributed by atoms with Crippen molar-refractivity contribution in [1.82, 2.24) is 0 Å². The smallest absolute Gasteiger partial charge is 0.293 e. The van der Waals surface area contributed by atoms with E-state index in [4.69, 9.17) is 21.1 Å². The lowest BCUT2D eigenvalue weighted by molar-refractivity contribution is -0.155.